The van der Waals surface area contributed by atoms with E-state index in [4.69, 9.17) is 5.11 Å². The maximum atomic E-state index is 11.6. The summed E-state index contributed by atoms with van der Waals surface area (Å²) < 4.78 is 0. The molecule has 0 bridgehead atoms. The SMILES string of the molecule is CCc1ccc(CNC(=O)C(=O)N[C@@H](CC)CO)cc1. The first kappa shape index (κ1) is 16.2. The molecule has 0 fully saturated rings. The third-order valence-electron chi connectivity index (χ3n) is 3.14. The summed E-state index contributed by atoms with van der Waals surface area (Å²) in [6.45, 7) is 4.04. The smallest absolute Gasteiger partial charge is 0.309 e. The highest BCUT2D eigenvalue weighted by Crippen LogP contribution is 2.04. The molecule has 0 spiro atoms. The summed E-state index contributed by atoms with van der Waals surface area (Å²) in [7, 11) is 0. The molecule has 0 saturated heterocycles. The minimum atomic E-state index is -0.712. The molecule has 1 rings (SSSR count). The van der Waals surface area contributed by atoms with E-state index in [0.29, 0.717) is 13.0 Å². The zero-order valence-electron chi connectivity index (χ0n) is 12.0. The lowest BCUT2D eigenvalue weighted by atomic mass is 10.1. The minimum absolute atomic E-state index is 0.173. The van der Waals surface area contributed by atoms with E-state index in [1.54, 1.807) is 0 Å². The first-order valence-corrected chi connectivity index (χ1v) is 6.88. The molecule has 1 atom stereocenters. The monoisotopic (exact) mass is 278 g/mol. The van der Waals surface area contributed by atoms with Crippen LogP contribution in [0.25, 0.3) is 0 Å². The molecule has 2 amide bonds. The Balaban J connectivity index is 2.43. The Morgan fingerprint density at radius 1 is 1.10 bits per heavy atom. The largest absolute Gasteiger partial charge is 0.394 e. The Bertz CT molecular complexity index is 439. The molecular formula is C15H22N2O3. The molecule has 0 aliphatic rings. The van der Waals surface area contributed by atoms with Gasteiger partial charge in [-0.15, -0.1) is 0 Å². The summed E-state index contributed by atoms with van der Waals surface area (Å²) in [4.78, 5) is 23.2. The van der Waals surface area contributed by atoms with Crippen molar-refractivity contribution in [3.63, 3.8) is 0 Å². The van der Waals surface area contributed by atoms with Crippen LogP contribution in [-0.2, 0) is 22.6 Å². The normalized spacial score (nSPS) is 11.8. The van der Waals surface area contributed by atoms with Crippen molar-refractivity contribution in [1.82, 2.24) is 10.6 Å². The van der Waals surface area contributed by atoms with Gasteiger partial charge < -0.3 is 15.7 Å². The standard InChI is InChI=1S/C15H22N2O3/c1-3-11-5-7-12(8-6-11)9-16-14(19)15(20)17-13(4-2)10-18/h5-8,13,18H,3-4,9-10H2,1-2H3,(H,16,19)(H,17,20)/t13-/m0/s1. The van der Waals surface area contributed by atoms with Crippen molar-refractivity contribution in [3.05, 3.63) is 35.4 Å². The molecule has 0 aliphatic heterocycles. The van der Waals surface area contributed by atoms with E-state index < -0.39 is 11.8 Å². The molecule has 0 aliphatic carbocycles. The molecule has 0 saturated carbocycles. The van der Waals surface area contributed by atoms with Gasteiger partial charge in [-0.2, -0.15) is 0 Å². The number of hydrogen-bond acceptors (Lipinski definition) is 3. The predicted octanol–water partition coefficient (Wildman–Crippen LogP) is 0.752. The van der Waals surface area contributed by atoms with E-state index in [0.717, 1.165) is 12.0 Å². The topological polar surface area (TPSA) is 78.4 Å². The number of carbonyl (C=O) groups is 2. The molecule has 5 nitrogen and oxygen atoms in total. The van der Waals surface area contributed by atoms with Crippen LogP contribution in [0.15, 0.2) is 24.3 Å². The Labute approximate surface area is 119 Å². The molecule has 5 heteroatoms. The van der Waals surface area contributed by atoms with Gasteiger partial charge in [-0.05, 0) is 24.0 Å². The number of hydrogen-bond donors (Lipinski definition) is 3. The molecule has 0 heterocycles. The number of nitrogens with one attached hydrogen (secondary N) is 2. The Hall–Kier alpha value is -1.88. The van der Waals surface area contributed by atoms with Crippen LogP contribution in [0.5, 0.6) is 0 Å². The fourth-order valence-electron chi connectivity index (χ4n) is 1.68. The highest BCUT2D eigenvalue weighted by molar-refractivity contribution is 6.35. The number of amides is 2. The van der Waals surface area contributed by atoms with Gasteiger partial charge >= 0.3 is 11.8 Å². The van der Waals surface area contributed by atoms with Crippen LogP contribution >= 0.6 is 0 Å². The van der Waals surface area contributed by atoms with Gasteiger partial charge in [-0.25, -0.2) is 0 Å². The summed E-state index contributed by atoms with van der Waals surface area (Å²) in [5, 5.41) is 14.0. The van der Waals surface area contributed by atoms with Gasteiger partial charge in [-0.1, -0.05) is 38.1 Å². The van der Waals surface area contributed by atoms with Gasteiger partial charge in [0.1, 0.15) is 0 Å². The van der Waals surface area contributed by atoms with Crippen LogP contribution in [0.4, 0.5) is 0 Å². The van der Waals surface area contributed by atoms with Crippen molar-refractivity contribution in [2.45, 2.75) is 39.3 Å². The lowest BCUT2D eigenvalue weighted by molar-refractivity contribution is -0.139. The zero-order chi connectivity index (χ0) is 15.0. The van der Waals surface area contributed by atoms with Crippen LogP contribution in [0.2, 0.25) is 0 Å². The van der Waals surface area contributed by atoms with E-state index in [2.05, 4.69) is 17.6 Å². The number of aryl methyl sites for hydroxylation is 1. The van der Waals surface area contributed by atoms with Crippen LogP contribution < -0.4 is 10.6 Å². The van der Waals surface area contributed by atoms with Gasteiger partial charge in [0, 0.05) is 6.54 Å². The fourth-order valence-corrected chi connectivity index (χ4v) is 1.68. The van der Waals surface area contributed by atoms with E-state index in [-0.39, 0.29) is 12.6 Å². The predicted molar refractivity (Wildman–Crippen MR) is 77.0 cm³/mol. The number of rotatable bonds is 6. The van der Waals surface area contributed by atoms with Crippen molar-refractivity contribution in [2.75, 3.05) is 6.61 Å². The van der Waals surface area contributed by atoms with Crippen LogP contribution in [-0.4, -0.2) is 29.6 Å². The molecule has 3 N–H and O–H groups in total. The Morgan fingerprint density at radius 3 is 2.20 bits per heavy atom. The highest BCUT2D eigenvalue weighted by Gasteiger charge is 2.16. The first-order valence-electron chi connectivity index (χ1n) is 6.88. The van der Waals surface area contributed by atoms with Gasteiger partial charge in [-0.3, -0.25) is 9.59 Å². The van der Waals surface area contributed by atoms with E-state index in [1.165, 1.54) is 5.56 Å². The average Bonchev–Trinajstić information content (AvgIpc) is 2.50. The van der Waals surface area contributed by atoms with Crippen LogP contribution in [0, 0.1) is 0 Å². The van der Waals surface area contributed by atoms with Gasteiger partial charge in [0.15, 0.2) is 0 Å². The van der Waals surface area contributed by atoms with Gasteiger partial charge in [0.2, 0.25) is 0 Å². The third kappa shape index (κ3) is 5.01. The molecule has 1 aromatic carbocycles. The van der Waals surface area contributed by atoms with Crippen molar-refractivity contribution < 1.29 is 14.7 Å². The molecule has 20 heavy (non-hydrogen) atoms. The Kier molecular flexibility index (Phi) is 6.73. The first-order chi connectivity index (χ1) is 9.60. The summed E-state index contributed by atoms with van der Waals surface area (Å²) >= 11 is 0. The number of aliphatic hydroxyl groups excluding tert-OH is 1. The van der Waals surface area contributed by atoms with Crippen molar-refractivity contribution in [2.24, 2.45) is 0 Å². The quantitative estimate of drug-likeness (QED) is 0.672. The fraction of sp³-hybridized carbons (Fsp3) is 0.467. The minimum Gasteiger partial charge on any atom is -0.394 e. The molecule has 110 valence electrons. The van der Waals surface area contributed by atoms with Crippen LogP contribution in [0.1, 0.15) is 31.4 Å². The van der Waals surface area contributed by atoms with E-state index >= 15 is 0 Å². The molecule has 0 aromatic heterocycles. The van der Waals surface area contributed by atoms with E-state index in [9.17, 15) is 9.59 Å². The number of carbonyl (C=O) groups excluding carboxylic acids is 2. The lowest BCUT2D eigenvalue weighted by Crippen LogP contribution is -2.45. The lowest BCUT2D eigenvalue weighted by Gasteiger charge is -2.13. The second kappa shape index (κ2) is 8.32. The summed E-state index contributed by atoms with van der Waals surface area (Å²) in [6.07, 6.45) is 1.54. The maximum absolute atomic E-state index is 11.6. The number of benzene rings is 1. The second-order valence-electron chi connectivity index (χ2n) is 4.61. The molecule has 1 aromatic rings. The highest BCUT2D eigenvalue weighted by atomic mass is 16.3. The maximum Gasteiger partial charge on any atom is 0.309 e. The number of aliphatic hydroxyl groups is 1. The Morgan fingerprint density at radius 2 is 1.70 bits per heavy atom. The van der Waals surface area contributed by atoms with Crippen molar-refractivity contribution in [1.29, 1.82) is 0 Å². The second-order valence-corrected chi connectivity index (χ2v) is 4.61. The van der Waals surface area contributed by atoms with Crippen molar-refractivity contribution >= 4 is 11.8 Å². The van der Waals surface area contributed by atoms with E-state index in [1.807, 2.05) is 31.2 Å². The zero-order valence-corrected chi connectivity index (χ0v) is 12.0. The molecule has 0 radical (unpaired) electrons. The summed E-state index contributed by atoms with van der Waals surface area (Å²) in [5.74, 6) is -1.40. The summed E-state index contributed by atoms with van der Waals surface area (Å²) in [5.41, 5.74) is 2.17. The third-order valence-corrected chi connectivity index (χ3v) is 3.14. The molecular weight excluding hydrogens is 256 g/mol. The van der Waals surface area contributed by atoms with Gasteiger partial charge in [0.25, 0.3) is 0 Å². The van der Waals surface area contributed by atoms with Crippen molar-refractivity contribution in [3.8, 4) is 0 Å². The van der Waals surface area contributed by atoms with Gasteiger partial charge in [0.05, 0.1) is 12.6 Å². The summed E-state index contributed by atoms with van der Waals surface area (Å²) in [6, 6.07) is 7.48. The van der Waals surface area contributed by atoms with Crippen LogP contribution in [0.3, 0.4) is 0 Å². The molecule has 0 unspecified atom stereocenters. The average molecular weight is 278 g/mol.